The first-order valence-corrected chi connectivity index (χ1v) is 8.40. The molecular formula is C18H28N2O. The van der Waals surface area contributed by atoms with Crippen molar-refractivity contribution < 1.29 is 5.11 Å². The molecule has 1 saturated heterocycles. The Labute approximate surface area is 128 Å². The quantitative estimate of drug-likeness (QED) is 0.843. The fraction of sp³-hybridized carbons (Fsp3) is 0.667. The van der Waals surface area contributed by atoms with Crippen molar-refractivity contribution in [3.63, 3.8) is 0 Å². The molecule has 4 unspecified atom stereocenters. The van der Waals surface area contributed by atoms with Gasteiger partial charge < -0.3 is 10.4 Å². The van der Waals surface area contributed by atoms with E-state index >= 15 is 0 Å². The minimum Gasteiger partial charge on any atom is -0.393 e. The summed E-state index contributed by atoms with van der Waals surface area (Å²) in [7, 11) is 0. The van der Waals surface area contributed by atoms with Crippen molar-refractivity contribution in [2.75, 3.05) is 19.6 Å². The number of aliphatic hydroxyl groups is 1. The van der Waals surface area contributed by atoms with Crippen molar-refractivity contribution in [3.05, 3.63) is 35.9 Å². The zero-order valence-corrected chi connectivity index (χ0v) is 13.0. The number of aliphatic hydroxyl groups excluding tert-OH is 1. The number of fused-ring (bicyclic) bond motifs is 1. The molecule has 3 nitrogen and oxygen atoms in total. The molecule has 0 aromatic heterocycles. The first-order chi connectivity index (χ1) is 10.2. The van der Waals surface area contributed by atoms with Crippen molar-refractivity contribution in [1.82, 2.24) is 10.2 Å². The van der Waals surface area contributed by atoms with Gasteiger partial charge in [0.25, 0.3) is 0 Å². The number of rotatable bonds is 6. The third-order valence-corrected chi connectivity index (χ3v) is 5.15. The summed E-state index contributed by atoms with van der Waals surface area (Å²) in [4.78, 5) is 2.62. The molecule has 1 aromatic rings. The van der Waals surface area contributed by atoms with Crippen LogP contribution in [0.1, 0.15) is 31.7 Å². The SMILES string of the molecule is CC(O)CCNC1CCC2CN(Cc3ccccc3)CC21. The average Bonchev–Trinajstić information content (AvgIpc) is 3.01. The Morgan fingerprint density at radius 3 is 2.81 bits per heavy atom. The van der Waals surface area contributed by atoms with Crippen LogP contribution in [0, 0.1) is 11.8 Å². The highest BCUT2D eigenvalue weighted by molar-refractivity contribution is 5.15. The Morgan fingerprint density at radius 1 is 1.24 bits per heavy atom. The molecule has 2 aliphatic rings. The van der Waals surface area contributed by atoms with Crippen LogP contribution in [0.2, 0.25) is 0 Å². The van der Waals surface area contributed by atoms with Gasteiger partial charge in [0.1, 0.15) is 0 Å². The van der Waals surface area contributed by atoms with Gasteiger partial charge in [0.15, 0.2) is 0 Å². The monoisotopic (exact) mass is 288 g/mol. The summed E-state index contributed by atoms with van der Waals surface area (Å²) in [5, 5.41) is 13.1. The fourth-order valence-corrected chi connectivity index (χ4v) is 4.06. The molecule has 3 rings (SSSR count). The van der Waals surface area contributed by atoms with E-state index < -0.39 is 0 Å². The summed E-state index contributed by atoms with van der Waals surface area (Å²) in [6.45, 7) is 6.40. The van der Waals surface area contributed by atoms with Crippen LogP contribution in [-0.2, 0) is 6.54 Å². The number of benzene rings is 1. The molecule has 1 aromatic carbocycles. The second kappa shape index (κ2) is 6.91. The van der Waals surface area contributed by atoms with Crippen LogP contribution in [0.15, 0.2) is 30.3 Å². The topological polar surface area (TPSA) is 35.5 Å². The lowest BCUT2D eigenvalue weighted by Crippen LogP contribution is -2.37. The second-order valence-corrected chi connectivity index (χ2v) is 6.88. The van der Waals surface area contributed by atoms with Crippen LogP contribution in [0.4, 0.5) is 0 Å². The van der Waals surface area contributed by atoms with Gasteiger partial charge in [0.2, 0.25) is 0 Å². The molecule has 21 heavy (non-hydrogen) atoms. The molecule has 2 N–H and O–H groups in total. The Balaban J connectivity index is 1.49. The molecule has 4 atom stereocenters. The van der Waals surface area contributed by atoms with Crippen LogP contribution in [0.5, 0.6) is 0 Å². The summed E-state index contributed by atoms with van der Waals surface area (Å²) in [5.74, 6) is 1.68. The maximum Gasteiger partial charge on any atom is 0.0524 e. The number of nitrogens with zero attached hydrogens (tertiary/aromatic N) is 1. The second-order valence-electron chi connectivity index (χ2n) is 6.88. The lowest BCUT2D eigenvalue weighted by molar-refractivity contribution is 0.180. The largest absolute Gasteiger partial charge is 0.393 e. The Kier molecular flexibility index (Phi) is 4.94. The Bertz CT molecular complexity index is 434. The summed E-state index contributed by atoms with van der Waals surface area (Å²) < 4.78 is 0. The highest BCUT2D eigenvalue weighted by Crippen LogP contribution is 2.38. The molecule has 0 radical (unpaired) electrons. The van der Waals surface area contributed by atoms with Crippen LogP contribution in [0.3, 0.4) is 0 Å². The lowest BCUT2D eigenvalue weighted by Gasteiger charge is -2.22. The molecule has 1 aliphatic carbocycles. The Hall–Kier alpha value is -0.900. The molecule has 116 valence electrons. The van der Waals surface area contributed by atoms with Gasteiger partial charge in [-0.05, 0) is 50.1 Å². The van der Waals surface area contributed by atoms with Crippen LogP contribution >= 0.6 is 0 Å². The van der Waals surface area contributed by atoms with E-state index in [4.69, 9.17) is 0 Å². The molecule has 3 heteroatoms. The third-order valence-electron chi connectivity index (χ3n) is 5.15. The number of nitrogens with one attached hydrogen (secondary N) is 1. The van der Waals surface area contributed by atoms with E-state index in [0.717, 1.165) is 31.3 Å². The predicted molar refractivity (Wildman–Crippen MR) is 86.0 cm³/mol. The van der Waals surface area contributed by atoms with E-state index in [1.807, 2.05) is 6.92 Å². The standard InChI is InChI=1S/C18H28N2O/c1-14(21)9-10-19-18-8-7-16-12-20(13-17(16)18)11-15-5-3-2-4-6-15/h2-6,14,16-19,21H,7-13H2,1H3. The van der Waals surface area contributed by atoms with Gasteiger partial charge in [0, 0.05) is 25.7 Å². The first kappa shape index (κ1) is 15.0. The Morgan fingerprint density at radius 2 is 2.05 bits per heavy atom. The van der Waals surface area contributed by atoms with Crippen LogP contribution in [-0.4, -0.2) is 41.8 Å². The zero-order chi connectivity index (χ0) is 14.7. The molecule has 2 fully saturated rings. The van der Waals surface area contributed by atoms with Crippen molar-refractivity contribution >= 4 is 0 Å². The fourth-order valence-electron chi connectivity index (χ4n) is 4.06. The highest BCUT2D eigenvalue weighted by atomic mass is 16.3. The van der Waals surface area contributed by atoms with Gasteiger partial charge in [-0.25, -0.2) is 0 Å². The zero-order valence-electron chi connectivity index (χ0n) is 13.0. The van der Waals surface area contributed by atoms with E-state index in [2.05, 4.69) is 40.5 Å². The van der Waals surface area contributed by atoms with Gasteiger partial charge in [-0.15, -0.1) is 0 Å². The van der Waals surface area contributed by atoms with Gasteiger partial charge >= 0.3 is 0 Å². The first-order valence-electron chi connectivity index (χ1n) is 8.40. The van der Waals surface area contributed by atoms with Gasteiger partial charge in [-0.3, -0.25) is 4.90 Å². The lowest BCUT2D eigenvalue weighted by atomic mass is 9.98. The molecule has 0 amide bonds. The summed E-state index contributed by atoms with van der Waals surface area (Å²) in [5.41, 5.74) is 1.43. The smallest absolute Gasteiger partial charge is 0.0524 e. The van der Waals surface area contributed by atoms with Crippen LogP contribution < -0.4 is 5.32 Å². The molecular weight excluding hydrogens is 260 g/mol. The van der Waals surface area contributed by atoms with E-state index in [1.54, 1.807) is 0 Å². The van der Waals surface area contributed by atoms with Gasteiger partial charge in [-0.1, -0.05) is 30.3 Å². The third kappa shape index (κ3) is 3.85. The minimum atomic E-state index is -0.187. The normalized spacial score (nSPS) is 30.5. The molecule has 1 aliphatic heterocycles. The maximum absolute atomic E-state index is 9.37. The predicted octanol–water partition coefficient (Wildman–Crippen LogP) is 2.26. The van der Waals surface area contributed by atoms with E-state index in [1.165, 1.54) is 31.5 Å². The maximum atomic E-state index is 9.37. The van der Waals surface area contributed by atoms with E-state index in [0.29, 0.717) is 6.04 Å². The van der Waals surface area contributed by atoms with Gasteiger partial charge in [-0.2, -0.15) is 0 Å². The molecule has 0 bridgehead atoms. The molecule has 1 heterocycles. The number of likely N-dealkylation sites (tertiary alicyclic amines) is 1. The molecule has 0 spiro atoms. The van der Waals surface area contributed by atoms with Crippen molar-refractivity contribution in [1.29, 1.82) is 0 Å². The molecule has 1 saturated carbocycles. The minimum absolute atomic E-state index is 0.187. The van der Waals surface area contributed by atoms with Crippen molar-refractivity contribution in [3.8, 4) is 0 Å². The van der Waals surface area contributed by atoms with Gasteiger partial charge in [0.05, 0.1) is 6.10 Å². The van der Waals surface area contributed by atoms with Crippen LogP contribution in [0.25, 0.3) is 0 Å². The number of hydrogen-bond acceptors (Lipinski definition) is 3. The average molecular weight is 288 g/mol. The summed E-state index contributed by atoms with van der Waals surface area (Å²) >= 11 is 0. The number of hydrogen-bond donors (Lipinski definition) is 2. The van der Waals surface area contributed by atoms with E-state index in [-0.39, 0.29) is 6.10 Å². The summed E-state index contributed by atoms with van der Waals surface area (Å²) in [6, 6.07) is 11.5. The highest BCUT2D eigenvalue weighted by Gasteiger charge is 2.41. The van der Waals surface area contributed by atoms with Crippen molar-refractivity contribution in [2.45, 2.75) is 44.9 Å². The summed E-state index contributed by atoms with van der Waals surface area (Å²) in [6.07, 6.45) is 3.35. The van der Waals surface area contributed by atoms with Crippen molar-refractivity contribution in [2.24, 2.45) is 11.8 Å². The van der Waals surface area contributed by atoms with E-state index in [9.17, 15) is 5.11 Å².